The van der Waals surface area contributed by atoms with E-state index in [1.165, 1.54) is 11.1 Å². The van der Waals surface area contributed by atoms with Crippen molar-refractivity contribution in [2.24, 2.45) is 17.8 Å². The molecule has 1 saturated carbocycles. The Hall–Kier alpha value is -2.59. The van der Waals surface area contributed by atoms with Gasteiger partial charge in [0.2, 0.25) is 10.0 Å². The molecule has 0 aromatic heterocycles. The number of methoxy groups -OCH3 is 1. The molecule has 6 atom stereocenters. The minimum atomic E-state index is -4.08. The van der Waals surface area contributed by atoms with Gasteiger partial charge in [0.25, 0.3) is 5.91 Å². The van der Waals surface area contributed by atoms with Crippen LogP contribution in [0, 0.1) is 17.8 Å². The second-order valence-electron chi connectivity index (χ2n) is 13.8. The van der Waals surface area contributed by atoms with Crippen molar-refractivity contribution in [1.82, 2.24) is 4.72 Å². The summed E-state index contributed by atoms with van der Waals surface area (Å²) in [5, 5.41) is 9.54. The predicted octanol–water partition coefficient (Wildman–Crippen LogP) is 5.65. The fraction of sp³-hybridized carbons (Fsp3) is 0.571. The molecule has 8 nitrogen and oxygen atoms in total. The van der Waals surface area contributed by atoms with E-state index in [4.69, 9.17) is 21.1 Å². The third-order valence-corrected chi connectivity index (χ3v) is 13.2. The molecule has 2 aromatic carbocycles. The Morgan fingerprint density at radius 2 is 2.02 bits per heavy atom. The van der Waals surface area contributed by atoms with E-state index < -0.39 is 26.8 Å². The van der Waals surface area contributed by atoms with Crippen LogP contribution in [0.3, 0.4) is 0 Å². The Balaban J connectivity index is 1.45. The van der Waals surface area contributed by atoms with E-state index in [1.54, 1.807) is 25.3 Å². The monoisotopic (exact) mass is 656 g/mol. The first kappa shape index (κ1) is 32.4. The number of amides is 1. The van der Waals surface area contributed by atoms with E-state index >= 15 is 0 Å². The number of halogens is 1. The van der Waals surface area contributed by atoms with Gasteiger partial charge in [-0.25, -0.2) is 13.1 Å². The number of ether oxygens (including phenoxy) is 2. The molecule has 2 heterocycles. The molecule has 2 aliphatic heterocycles. The van der Waals surface area contributed by atoms with Gasteiger partial charge in [0, 0.05) is 42.8 Å². The number of hydrogen-bond acceptors (Lipinski definition) is 7. The molecule has 244 valence electrons. The molecule has 2 aromatic rings. The second kappa shape index (κ2) is 12.5. The summed E-state index contributed by atoms with van der Waals surface area (Å²) in [7, 11) is -2.34. The van der Waals surface area contributed by atoms with Gasteiger partial charge in [0.1, 0.15) is 5.75 Å². The summed E-state index contributed by atoms with van der Waals surface area (Å²) in [6.45, 7) is 5.64. The Morgan fingerprint density at radius 3 is 2.76 bits per heavy atom. The van der Waals surface area contributed by atoms with E-state index in [0.717, 1.165) is 49.4 Å². The molecule has 6 rings (SSSR count). The van der Waals surface area contributed by atoms with Crippen molar-refractivity contribution in [2.75, 3.05) is 38.3 Å². The first-order valence-corrected chi connectivity index (χ1v) is 18.1. The van der Waals surface area contributed by atoms with Crippen LogP contribution in [0.1, 0.15) is 73.9 Å². The zero-order valence-electron chi connectivity index (χ0n) is 26.4. The summed E-state index contributed by atoms with van der Waals surface area (Å²) in [5.74, 6) is 0.295. The fourth-order valence-electron chi connectivity index (χ4n) is 8.23. The first-order valence-electron chi connectivity index (χ1n) is 16.2. The lowest BCUT2D eigenvalue weighted by Gasteiger charge is -2.49. The molecular formula is C35H45ClN2O6S. The third kappa shape index (κ3) is 6.13. The average Bonchev–Trinajstić information content (AvgIpc) is 3.14. The molecule has 2 bridgehead atoms. The molecule has 2 aliphatic carbocycles. The molecule has 1 amide bonds. The van der Waals surface area contributed by atoms with Gasteiger partial charge in [0.05, 0.1) is 23.1 Å². The van der Waals surface area contributed by atoms with Crippen molar-refractivity contribution >= 4 is 33.2 Å². The number of hydrogen-bond donors (Lipinski definition) is 2. The molecule has 1 spiro atoms. The number of fused-ring (bicyclic) bond motifs is 4. The van der Waals surface area contributed by atoms with Crippen LogP contribution in [0.25, 0.3) is 0 Å². The number of nitrogens with zero attached hydrogens (tertiary/aromatic N) is 1. The number of aliphatic hydroxyl groups is 1. The first-order chi connectivity index (χ1) is 21.5. The Morgan fingerprint density at radius 1 is 1.20 bits per heavy atom. The number of carbonyl (C=O) groups is 1. The highest BCUT2D eigenvalue weighted by Gasteiger charge is 2.47. The minimum absolute atomic E-state index is 0.0322. The lowest BCUT2D eigenvalue weighted by molar-refractivity contribution is -0.0622. The number of nitrogens with one attached hydrogen (secondary N) is 1. The number of allylic oxidation sites excluding steroid dienone is 1. The minimum Gasteiger partial charge on any atom is -0.490 e. The van der Waals surface area contributed by atoms with Crippen molar-refractivity contribution in [3.8, 4) is 5.75 Å². The van der Waals surface area contributed by atoms with Gasteiger partial charge < -0.3 is 19.5 Å². The summed E-state index contributed by atoms with van der Waals surface area (Å²) in [4.78, 5) is 15.9. The van der Waals surface area contributed by atoms with Gasteiger partial charge >= 0.3 is 0 Å². The molecule has 0 unspecified atom stereocenters. The van der Waals surface area contributed by atoms with E-state index in [-0.39, 0.29) is 35.8 Å². The number of benzene rings is 2. The van der Waals surface area contributed by atoms with Gasteiger partial charge in [-0.15, -0.1) is 0 Å². The molecule has 10 heteroatoms. The lowest BCUT2D eigenvalue weighted by atomic mass is 9.64. The maximum absolute atomic E-state index is 13.5. The normalized spacial score (nSPS) is 33.5. The van der Waals surface area contributed by atoms with Crippen LogP contribution in [-0.4, -0.2) is 63.7 Å². The third-order valence-electron chi connectivity index (χ3n) is 11.0. The van der Waals surface area contributed by atoms with Crippen LogP contribution in [0.15, 0.2) is 48.6 Å². The second-order valence-corrected chi connectivity index (χ2v) is 16.1. The van der Waals surface area contributed by atoms with Crippen molar-refractivity contribution in [3.63, 3.8) is 0 Å². The number of carbonyl (C=O) groups excluding carboxylic acids is 1. The molecule has 2 N–H and O–H groups in total. The Labute approximate surface area is 272 Å². The van der Waals surface area contributed by atoms with Crippen molar-refractivity contribution in [1.29, 1.82) is 0 Å². The smallest absolute Gasteiger partial charge is 0.264 e. The number of rotatable bonds is 3. The number of aliphatic hydroxyl groups excluding tert-OH is 1. The summed E-state index contributed by atoms with van der Waals surface area (Å²) >= 11 is 6.42. The molecule has 0 saturated heterocycles. The van der Waals surface area contributed by atoms with E-state index in [2.05, 4.69) is 34.8 Å². The van der Waals surface area contributed by atoms with Crippen LogP contribution in [0.4, 0.5) is 5.69 Å². The zero-order chi connectivity index (χ0) is 32.0. The highest BCUT2D eigenvalue weighted by molar-refractivity contribution is 7.90. The summed E-state index contributed by atoms with van der Waals surface area (Å²) in [6.07, 6.45) is 9.67. The quantitative estimate of drug-likeness (QED) is 0.412. The van der Waals surface area contributed by atoms with E-state index in [0.29, 0.717) is 31.2 Å². The van der Waals surface area contributed by atoms with Crippen LogP contribution >= 0.6 is 11.6 Å². The van der Waals surface area contributed by atoms with Gasteiger partial charge in [-0.1, -0.05) is 36.7 Å². The highest BCUT2D eigenvalue weighted by atomic mass is 35.5. The molecular weight excluding hydrogens is 612 g/mol. The Bertz CT molecular complexity index is 1580. The van der Waals surface area contributed by atoms with E-state index in [9.17, 15) is 18.3 Å². The van der Waals surface area contributed by atoms with Crippen molar-refractivity contribution in [2.45, 2.75) is 75.1 Å². The SMILES string of the molecule is CO[C@@]1(C)/C=C/C[C@H](C)[C@@H](CCO)S(=O)(=O)NC(=O)c2ccc3c(c2)N(C[C@@H]2CC[C@H]21)C[C@@]1(CCCc2cc(Cl)ccc21)CO3. The standard InChI is InChI=1S/C35H45ClN2O6S/c1-23-6-4-15-34(2,43-3)28-11-8-26(28)20-38-21-35(16-5-7-24-18-27(36)10-12-29(24)35)22-44-31-13-9-25(19-30(31)38)33(40)37-45(41,42)32(23)14-17-39/h4,9-10,12-13,15,18-19,23,26,28,32,39H,5-8,11,14,16-17,20-22H2,1-3H3,(H,37,40)/b15-4+/t23-,26-,28+,32+,34-,35-/m0/s1. The van der Waals surface area contributed by atoms with E-state index in [1.807, 2.05) is 19.1 Å². The fourth-order valence-corrected chi connectivity index (χ4v) is 10.1. The summed E-state index contributed by atoms with van der Waals surface area (Å²) in [6, 6.07) is 11.4. The average molecular weight is 657 g/mol. The highest BCUT2D eigenvalue weighted by Crippen LogP contribution is 2.49. The number of anilines is 1. The summed E-state index contributed by atoms with van der Waals surface area (Å²) < 4.78 is 42.2. The molecule has 0 radical (unpaired) electrons. The molecule has 45 heavy (non-hydrogen) atoms. The van der Waals surface area contributed by atoms with Crippen molar-refractivity contribution < 1.29 is 27.8 Å². The van der Waals surface area contributed by atoms with Crippen LogP contribution < -0.4 is 14.4 Å². The van der Waals surface area contributed by atoms with Crippen LogP contribution in [0.2, 0.25) is 5.02 Å². The van der Waals surface area contributed by atoms with Gasteiger partial charge in [-0.05, 0) is 111 Å². The predicted molar refractivity (Wildman–Crippen MR) is 177 cm³/mol. The summed E-state index contributed by atoms with van der Waals surface area (Å²) in [5.41, 5.74) is 2.80. The van der Waals surface area contributed by atoms with Crippen molar-refractivity contribution in [3.05, 3.63) is 70.3 Å². The number of sulfonamides is 1. The molecule has 1 fully saturated rings. The van der Waals surface area contributed by atoms with Gasteiger partial charge in [-0.3, -0.25) is 4.79 Å². The van der Waals surface area contributed by atoms with Crippen LogP contribution in [-0.2, 0) is 26.6 Å². The Kier molecular flexibility index (Phi) is 9.02. The zero-order valence-corrected chi connectivity index (χ0v) is 28.0. The lowest BCUT2D eigenvalue weighted by Crippen LogP contribution is -2.52. The molecule has 4 aliphatic rings. The maximum Gasteiger partial charge on any atom is 0.264 e. The maximum atomic E-state index is 13.5. The number of aryl methyl sites for hydroxylation is 1. The van der Waals surface area contributed by atoms with Crippen LogP contribution in [0.5, 0.6) is 5.75 Å². The van der Waals surface area contributed by atoms with Gasteiger partial charge in [-0.2, -0.15) is 0 Å². The van der Waals surface area contributed by atoms with Gasteiger partial charge in [0.15, 0.2) is 0 Å². The largest absolute Gasteiger partial charge is 0.490 e. The topological polar surface area (TPSA) is 105 Å².